The highest BCUT2D eigenvalue weighted by atomic mass is 14.9. The molecule has 1 heterocycles. The van der Waals surface area contributed by atoms with E-state index in [0.29, 0.717) is 6.04 Å². The molecule has 0 radical (unpaired) electrons. The van der Waals surface area contributed by atoms with Crippen LogP contribution in [0.1, 0.15) is 30.0 Å². The van der Waals surface area contributed by atoms with E-state index in [1.54, 1.807) is 0 Å². The van der Waals surface area contributed by atoms with Crippen LogP contribution in [0, 0.1) is 0 Å². The van der Waals surface area contributed by atoms with Gasteiger partial charge in [-0.05, 0) is 55.5 Å². The van der Waals surface area contributed by atoms with E-state index in [9.17, 15) is 0 Å². The van der Waals surface area contributed by atoms with E-state index in [0.717, 1.165) is 25.7 Å². The van der Waals surface area contributed by atoms with Gasteiger partial charge in [0.25, 0.3) is 0 Å². The van der Waals surface area contributed by atoms with Gasteiger partial charge in [0.2, 0.25) is 0 Å². The molecule has 0 fully saturated rings. The third-order valence-corrected chi connectivity index (χ3v) is 3.83. The van der Waals surface area contributed by atoms with Crippen LogP contribution in [0.2, 0.25) is 0 Å². The van der Waals surface area contributed by atoms with E-state index in [1.807, 2.05) is 25.5 Å². The largest absolute Gasteiger partial charge is 0.317 e. The van der Waals surface area contributed by atoms with Crippen molar-refractivity contribution in [1.82, 2.24) is 10.3 Å². The number of aromatic nitrogens is 1. The van der Waals surface area contributed by atoms with Crippen LogP contribution in [0.5, 0.6) is 0 Å². The summed E-state index contributed by atoms with van der Waals surface area (Å²) in [7, 11) is 2.05. The van der Waals surface area contributed by atoms with Gasteiger partial charge in [-0.15, -0.1) is 0 Å². The van der Waals surface area contributed by atoms with Gasteiger partial charge < -0.3 is 5.32 Å². The lowest BCUT2D eigenvalue weighted by molar-refractivity contribution is 0.520. The van der Waals surface area contributed by atoms with Gasteiger partial charge in [-0.25, -0.2) is 0 Å². The van der Waals surface area contributed by atoms with Crippen molar-refractivity contribution in [2.45, 2.75) is 38.6 Å². The van der Waals surface area contributed by atoms with Crippen LogP contribution in [-0.4, -0.2) is 18.1 Å². The number of benzene rings is 1. The van der Waals surface area contributed by atoms with Crippen LogP contribution in [-0.2, 0) is 19.3 Å². The van der Waals surface area contributed by atoms with E-state index in [-0.39, 0.29) is 0 Å². The molecule has 0 amide bonds. The Morgan fingerprint density at radius 3 is 2.40 bits per heavy atom. The van der Waals surface area contributed by atoms with Crippen LogP contribution < -0.4 is 5.32 Å². The third kappa shape index (κ3) is 4.46. The summed E-state index contributed by atoms with van der Waals surface area (Å²) >= 11 is 0. The Morgan fingerprint density at radius 2 is 1.80 bits per heavy atom. The Labute approximate surface area is 122 Å². The zero-order chi connectivity index (χ0) is 14.2. The van der Waals surface area contributed by atoms with Gasteiger partial charge in [-0.2, -0.15) is 0 Å². The quantitative estimate of drug-likeness (QED) is 0.832. The second-order valence-corrected chi connectivity index (χ2v) is 5.26. The summed E-state index contributed by atoms with van der Waals surface area (Å²) < 4.78 is 0. The number of pyridine rings is 1. The number of hydrogen-bond acceptors (Lipinski definition) is 2. The molecule has 20 heavy (non-hydrogen) atoms. The molecule has 0 saturated heterocycles. The lowest BCUT2D eigenvalue weighted by Crippen LogP contribution is -2.28. The highest BCUT2D eigenvalue weighted by molar-refractivity contribution is 5.23. The minimum Gasteiger partial charge on any atom is -0.317 e. The molecule has 106 valence electrons. The van der Waals surface area contributed by atoms with Gasteiger partial charge in [0, 0.05) is 18.4 Å². The molecule has 2 heteroatoms. The number of aryl methyl sites for hydroxylation is 2. The zero-order valence-corrected chi connectivity index (χ0v) is 12.5. The molecule has 2 aromatic rings. The van der Waals surface area contributed by atoms with Gasteiger partial charge in [0.05, 0.1) is 0 Å². The number of rotatable bonds is 7. The molecule has 0 aliphatic carbocycles. The van der Waals surface area contributed by atoms with Crippen molar-refractivity contribution in [3.63, 3.8) is 0 Å². The molecule has 1 aromatic carbocycles. The van der Waals surface area contributed by atoms with Crippen molar-refractivity contribution in [3.8, 4) is 0 Å². The van der Waals surface area contributed by atoms with Crippen molar-refractivity contribution in [3.05, 3.63) is 65.5 Å². The minimum atomic E-state index is 0.516. The monoisotopic (exact) mass is 268 g/mol. The van der Waals surface area contributed by atoms with Crippen molar-refractivity contribution < 1.29 is 0 Å². The van der Waals surface area contributed by atoms with Crippen molar-refractivity contribution in [1.29, 1.82) is 0 Å². The topological polar surface area (TPSA) is 24.9 Å². The second-order valence-electron chi connectivity index (χ2n) is 5.26. The number of likely N-dealkylation sites (N-methyl/N-ethyl adjacent to an activating group) is 1. The first kappa shape index (κ1) is 14.7. The number of hydrogen-bond donors (Lipinski definition) is 1. The lowest BCUT2D eigenvalue weighted by atomic mass is 9.99. The smallest absolute Gasteiger partial charge is 0.0299 e. The van der Waals surface area contributed by atoms with E-state index in [2.05, 4.69) is 47.6 Å². The first-order valence-corrected chi connectivity index (χ1v) is 7.45. The highest BCUT2D eigenvalue weighted by Crippen LogP contribution is 2.11. The van der Waals surface area contributed by atoms with E-state index in [1.165, 1.54) is 16.7 Å². The second kappa shape index (κ2) is 7.81. The molecule has 0 aliphatic rings. The molecule has 1 unspecified atom stereocenters. The maximum Gasteiger partial charge on any atom is 0.0299 e. The van der Waals surface area contributed by atoms with E-state index in [4.69, 9.17) is 0 Å². The predicted octanol–water partition coefficient (Wildman–Crippen LogP) is 3.41. The van der Waals surface area contributed by atoms with Crippen LogP contribution in [0.3, 0.4) is 0 Å². The molecular weight excluding hydrogens is 244 g/mol. The maximum atomic E-state index is 4.17. The van der Waals surface area contributed by atoms with Crippen LogP contribution in [0.15, 0.2) is 48.8 Å². The normalized spacial score (nSPS) is 12.3. The van der Waals surface area contributed by atoms with Gasteiger partial charge >= 0.3 is 0 Å². The Bertz CT molecular complexity index is 491. The molecule has 1 aromatic heterocycles. The van der Waals surface area contributed by atoms with Gasteiger partial charge in [-0.3, -0.25) is 4.98 Å². The Kier molecular flexibility index (Phi) is 5.75. The average Bonchev–Trinajstić information content (AvgIpc) is 2.53. The van der Waals surface area contributed by atoms with Crippen LogP contribution in [0.25, 0.3) is 0 Å². The first-order chi connectivity index (χ1) is 9.81. The fourth-order valence-corrected chi connectivity index (χ4v) is 2.43. The summed E-state index contributed by atoms with van der Waals surface area (Å²) in [4.78, 5) is 4.17. The predicted molar refractivity (Wildman–Crippen MR) is 84.9 cm³/mol. The molecule has 1 N–H and O–H groups in total. The summed E-state index contributed by atoms with van der Waals surface area (Å²) in [5.74, 6) is 0. The Balaban J connectivity index is 1.88. The number of nitrogens with one attached hydrogen (secondary N) is 1. The van der Waals surface area contributed by atoms with Crippen molar-refractivity contribution >= 4 is 0 Å². The van der Waals surface area contributed by atoms with Gasteiger partial charge in [0.1, 0.15) is 0 Å². The zero-order valence-electron chi connectivity index (χ0n) is 12.5. The van der Waals surface area contributed by atoms with Crippen LogP contribution >= 0.6 is 0 Å². The molecule has 0 bridgehead atoms. The SMILES string of the molecule is CCc1ccc(CC(CCc2cccnc2)NC)cc1. The third-order valence-electron chi connectivity index (χ3n) is 3.83. The van der Waals surface area contributed by atoms with Crippen LogP contribution in [0.4, 0.5) is 0 Å². The summed E-state index contributed by atoms with van der Waals surface area (Å²) in [5, 5.41) is 3.43. The van der Waals surface area contributed by atoms with Gasteiger partial charge in [0.15, 0.2) is 0 Å². The maximum absolute atomic E-state index is 4.17. The van der Waals surface area contributed by atoms with Crippen molar-refractivity contribution in [2.75, 3.05) is 7.05 Å². The summed E-state index contributed by atoms with van der Waals surface area (Å²) in [6, 6.07) is 13.7. The molecule has 0 spiro atoms. The Morgan fingerprint density at radius 1 is 1.05 bits per heavy atom. The molecular formula is C18H24N2. The fourth-order valence-electron chi connectivity index (χ4n) is 2.43. The van der Waals surface area contributed by atoms with Gasteiger partial charge in [-0.1, -0.05) is 37.3 Å². The first-order valence-electron chi connectivity index (χ1n) is 7.45. The standard InChI is InChI=1S/C18H24N2/c1-3-15-6-8-16(9-7-15)13-18(19-2)11-10-17-5-4-12-20-14-17/h4-9,12,14,18-19H,3,10-11,13H2,1-2H3. The molecule has 2 rings (SSSR count). The molecule has 1 atom stereocenters. The summed E-state index contributed by atoms with van der Waals surface area (Å²) in [6.45, 7) is 2.19. The molecule has 0 aliphatic heterocycles. The minimum absolute atomic E-state index is 0.516. The van der Waals surface area contributed by atoms with E-state index >= 15 is 0 Å². The average molecular weight is 268 g/mol. The highest BCUT2D eigenvalue weighted by Gasteiger charge is 2.07. The summed E-state index contributed by atoms with van der Waals surface area (Å²) in [6.07, 6.45) is 8.19. The number of nitrogens with zero attached hydrogens (tertiary/aromatic N) is 1. The summed E-state index contributed by atoms with van der Waals surface area (Å²) in [5.41, 5.74) is 4.13. The fraction of sp³-hybridized carbons (Fsp3) is 0.389. The lowest BCUT2D eigenvalue weighted by Gasteiger charge is -2.16. The Hall–Kier alpha value is -1.67. The van der Waals surface area contributed by atoms with Crippen molar-refractivity contribution in [2.24, 2.45) is 0 Å². The van der Waals surface area contributed by atoms with E-state index < -0.39 is 0 Å². The molecule has 2 nitrogen and oxygen atoms in total. The molecule has 0 saturated carbocycles.